The van der Waals surface area contributed by atoms with Crippen LogP contribution in [0.4, 0.5) is 0 Å². The summed E-state index contributed by atoms with van der Waals surface area (Å²) in [5.41, 5.74) is -0.343. The van der Waals surface area contributed by atoms with Gasteiger partial charge < -0.3 is 19.3 Å². The summed E-state index contributed by atoms with van der Waals surface area (Å²) in [4.78, 5) is 2.33. The molecule has 4 fully saturated rings. The van der Waals surface area contributed by atoms with Gasteiger partial charge in [0.2, 0.25) is 0 Å². The van der Waals surface area contributed by atoms with Gasteiger partial charge in [0.25, 0.3) is 0 Å². The number of aliphatic hydroxyl groups is 1. The van der Waals surface area contributed by atoms with E-state index in [4.69, 9.17) is 14.2 Å². The van der Waals surface area contributed by atoms with Crippen LogP contribution in [0, 0.1) is 5.92 Å². The molecule has 4 rings (SSSR count). The van der Waals surface area contributed by atoms with Crippen molar-refractivity contribution in [2.24, 2.45) is 5.92 Å². The van der Waals surface area contributed by atoms with E-state index in [1.165, 1.54) is 6.42 Å². The van der Waals surface area contributed by atoms with E-state index >= 15 is 0 Å². The van der Waals surface area contributed by atoms with Crippen LogP contribution in [-0.2, 0) is 14.2 Å². The summed E-state index contributed by atoms with van der Waals surface area (Å²) >= 11 is 0. The number of rotatable bonds is 1. The third-order valence-corrected chi connectivity index (χ3v) is 4.93. The van der Waals surface area contributed by atoms with Gasteiger partial charge in [-0.15, -0.1) is 0 Å². The number of fused-ring (bicyclic) bond motifs is 2. The van der Waals surface area contributed by atoms with Crippen LogP contribution in [0.15, 0.2) is 0 Å². The number of hydrogen-bond donors (Lipinski definition) is 1. The van der Waals surface area contributed by atoms with Crippen LogP contribution >= 0.6 is 0 Å². The molecule has 1 N–H and O–H groups in total. The number of likely N-dealkylation sites (tertiary alicyclic amines) is 1. The van der Waals surface area contributed by atoms with Crippen molar-refractivity contribution in [3.8, 4) is 0 Å². The second-order valence-electron chi connectivity index (χ2n) is 5.59. The van der Waals surface area contributed by atoms with Crippen molar-refractivity contribution in [2.45, 2.75) is 50.8 Å². The summed E-state index contributed by atoms with van der Waals surface area (Å²) in [5, 5.41) is 10.3. The topological polar surface area (TPSA) is 51.2 Å². The third kappa shape index (κ3) is 1.45. The maximum Gasteiger partial charge on any atom is 0.178 e. The number of hydrogen-bond acceptors (Lipinski definition) is 5. The molecule has 0 aromatic carbocycles. The molecular formula is C13H23NO4. The summed E-state index contributed by atoms with van der Waals surface area (Å²) in [7, 11) is 0. The minimum Gasteiger partial charge on any atom is -0.389 e. The van der Waals surface area contributed by atoms with Crippen LogP contribution in [0.1, 0.15) is 26.7 Å². The lowest BCUT2D eigenvalue weighted by Crippen LogP contribution is -2.60. The largest absolute Gasteiger partial charge is 0.389 e. The van der Waals surface area contributed by atoms with Crippen molar-refractivity contribution < 1.29 is 19.3 Å². The van der Waals surface area contributed by atoms with E-state index in [0.717, 1.165) is 26.0 Å². The average molecular weight is 257 g/mol. The maximum absolute atomic E-state index is 10.3. The zero-order valence-electron chi connectivity index (χ0n) is 9.88. The van der Waals surface area contributed by atoms with Crippen molar-refractivity contribution in [3.05, 3.63) is 0 Å². The second kappa shape index (κ2) is 4.42. The first-order chi connectivity index (χ1) is 8.32. The van der Waals surface area contributed by atoms with E-state index in [0.29, 0.717) is 19.1 Å². The summed E-state index contributed by atoms with van der Waals surface area (Å²) in [6.45, 7) is 2.91. The lowest BCUT2D eigenvalue weighted by Gasteiger charge is -2.41. The minimum absolute atomic E-state index is 0. The zero-order chi connectivity index (χ0) is 11.5. The van der Waals surface area contributed by atoms with E-state index in [-0.39, 0.29) is 25.5 Å². The van der Waals surface area contributed by atoms with Gasteiger partial charge in [-0.3, -0.25) is 4.90 Å². The van der Waals surface area contributed by atoms with Crippen molar-refractivity contribution >= 4 is 0 Å². The lowest BCUT2D eigenvalue weighted by atomic mass is 9.90. The molecule has 5 nitrogen and oxygen atoms in total. The van der Waals surface area contributed by atoms with Gasteiger partial charge >= 0.3 is 0 Å². The van der Waals surface area contributed by atoms with Gasteiger partial charge in [-0.2, -0.15) is 0 Å². The van der Waals surface area contributed by atoms with E-state index in [2.05, 4.69) is 4.90 Å². The summed E-state index contributed by atoms with van der Waals surface area (Å²) in [6.07, 6.45) is 2.64. The Bertz CT molecular complexity index is 326. The van der Waals surface area contributed by atoms with E-state index in [9.17, 15) is 5.11 Å². The van der Waals surface area contributed by atoms with Crippen molar-refractivity contribution in [2.75, 3.05) is 26.4 Å². The van der Waals surface area contributed by atoms with Gasteiger partial charge in [0.15, 0.2) is 6.29 Å². The number of ether oxygens (including phenoxy) is 3. The van der Waals surface area contributed by atoms with Gasteiger partial charge in [0, 0.05) is 19.1 Å². The van der Waals surface area contributed by atoms with E-state index in [1.807, 2.05) is 0 Å². The molecule has 18 heavy (non-hydrogen) atoms. The van der Waals surface area contributed by atoms with Gasteiger partial charge in [-0.25, -0.2) is 0 Å². The highest BCUT2D eigenvalue weighted by Gasteiger charge is 2.62. The fourth-order valence-corrected chi connectivity index (χ4v) is 4.03. The van der Waals surface area contributed by atoms with Gasteiger partial charge in [0.05, 0.1) is 13.2 Å². The Labute approximate surface area is 108 Å². The summed E-state index contributed by atoms with van der Waals surface area (Å²) < 4.78 is 17.1. The van der Waals surface area contributed by atoms with Crippen LogP contribution in [0.3, 0.4) is 0 Å². The fraction of sp³-hybridized carbons (Fsp3) is 1.00. The monoisotopic (exact) mass is 257 g/mol. The second-order valence-corrected chi connectivity index (χ2v) is 5.59. The molecule has 5 heteroatoms. The summed E-state index contributed by atoms with van der Waals surface area (Å²) in [6, 6.07) is 0. The molecule has 0 aromatic rings. The molecule has 0 amide bonds. The molecule has 0 aromatic heterocycles. The molecule has 0 bridgehead atoms. The number of nitrogens with zero attached hydrogens (tertiary/aromatic N) is 1. The predicted molar refractivity (Wildman–Crippen MR) is 64.9 cm³/mol. The van der Waals surface area contributed by atoms with Crippen LogP contribution in [0.2, 0.25) is 0 Å². The molecule has 4 aliphatic rings. The Morgan fingerprint density at radius 1 is 1.11 bits per heavy atom. The molecule has 104 valence electrons. The minimum atomic E-state index is -0.446. The Hall–Kier alpha value is -0.200. The van der Waals surface area contributed by atoms with Gasteiger partial charge in [-0.1, -0.05) is 7.43 Å². The third-order valence-electron chi connectivity index (χ3n) is 4.93. The SMILES string of the molecule is C.OC1COC2OCC[C@@]12N1CCC2CCOC21. The van der Waals surface area contributed by atoms with Crippen molar-refractivity contribution in [3.63, 3.8) is 0 Å². The zero-order valence-corrected chi connectivity index (χ0v) is 9.88. The molecule has 4 heterocycles. The molecule has 0 saturated carbocycles. The highest BCUT2D eigenvalue weighted by Crippen LogP contribution is 2.47. The quantitative estimate of drug-likeness (QED) is 0.744. The molecule has 0 radical (unpaired) electrons. The molecular weight excluding hydrogens is 234 g/mol. The molecule has 4 aliphatic heterocycles. The normalized spacial score (nSPS) is 51.2. The van der Waals surface area contributed by atoms with E-state index < -0.39 is 6.10 Å². The molecule has 0 spiro atoms. The van der Waals surface area contributed by atoms with Gasteiger partial charge in [0.1, 0.15) is 17.9 Å². The Morgan fingerprint density at radius 3 is 2.89 bits per heavy atom. The lowest BCUT2D eigenvalue weighted by molar-refractivity contribution is -0.154. The average Bonchev–Trinajstić information content (AvgIpc) is 3.00. The standard InChI is InChI=1S/C12H19NO4.CH4/c14-9-7-17-11-12(9,3-6-16-11)13-4-1-8-2-5-15-10(8)13;/h8-11,14H,1-7H2;1H4/t8?,9?,10?,11?,12-;/m1./s1. The van der Waals surface area contributed by atoms with Crippen molar-refractivity contribution in [1.29, 1.82) is 0 Å². The van der Waals surface area contributed by atoms with Gasteiger partial charge in [-0.05, 0) is 19.3 Å². The Balaban J connectivity index is 0.000001000. The predicted octanol–water partition coefficient (Wildman–Crippen LogP) is 0.567. The van der Waals surface area contributed by atoms with Crippen LogP contribution in [-0.4, -0.2) is 60.5 Å². The molecule has 4 unspecified atom stereocenters. The number of aliphatic hydroxyl groups excluding tert-OH is 1. The first kappa shape index (κ1) is 12.8. The van der Waals surface area contributed by atoms with Crippen LogP contribution in [0.5, 0.6) is 0 Å². The maximum atomic E-state index is 10.3. The van der Waals surface area contributed by atoms with Crippen LogP contribution in [0.25, 0.3) is 0 Å². The molecule has 5 atom stereocenters. The Morgan fingerprint density at radius 2 is 2.00 bits per heavy atom. The first-order valence-electron chi connectivity index (χ1n) is 6.62. The summed E-state index contributed by atoms with van der Waals surface area (Å²) in [5.74, 6) is 0.637. The smallest absolute Gasteiger partial charge is 0.178 e. The fourth-order valence-electron chi connectivity index (χ4n) is 4.03. The highest BCUT2D eigenvalue weighted by atomic mass is 16.7. The highest BCUT2D eigenvalue weighted by molar-refractivity contribution is 5.09. The Kier molecular flexibility index (Phi) is 3.15. The molecule has 0 aliphatic carbocycles. The molecule has 4 saturated heterocycles. The van der Waals surface area contributed by atoms with Crippen LogP contribution < -0.4 is 0 Å². The van der Waals surface area contributed by atoms with Crippen molar-refractivity contribution in [1.82, 2.24) is 4.90 Å². The first-order valence-corrected chi connectivity index (χ1v) is 6.62. The van der Waals surface area contributed by atoms with E-state index in [1.54, 1.807) is 0 Å².